The van der Waals surface area contributed by atoms with Crippen LogP contribution in [0.2, 0.25) is 0 Å². The molecule has 6 N–H and O–H groups in total. The highest BCUT2D eigenvalue weighted by atomic mass is 16.4. The van der Waals surface area contributed by atoms with Crippen molar-refractivity contribution in [3.8, 4) is 5.75 Å². The molecule has 0 fully saturated rings. The van der Waals surface area contributed by atoms with E-state index in [1.165, 1.54) is 12.1 Å². The number of carboxylic acids is 3. The van der Waals surface area contributed by atoms with Crippen LogP contribution in [-0.2, 0) is 27.5 Å². The van der Waals surface area contributed by atoms with E-state index < -0.39 is 43.1 Å². The lowest BCUT2D eigenvalue weighted by atomic mass is 10.0. The number of benzene rings is 1. The van der Waals surface area contributed by atoms with E-state index >= 15 is 0 Å². The summed E-state index contributed by atoms with van der Waals surface area (Å²) in [6, 6.07) is 1.03. The minimum atomic E-state index is -1.89. The van der Waals surface area contributed by atoms with Gasteiger partial charge in [0.1, 0.15) is 12.3 Å². The Labute approximate surface area is 147 Å². The van der Waals surface area contributed by atoms with Crippen molar-refractivity contribution in [2.45, 2.75) is 26.1 Å². The van der Waals surface area contributed by atoms with E-state index in [9.17, 15) is 24.3 Å². The van der Waals surface area contributed by atoms with Gasteiger partial charge in [-0.1, -0.05) is 17.7 Å². The van der Waals surface area contributed by atoms with Gasteiger partial charge in [-0.15, -0.1) is 0 Å². The minimum Gasteiger partial charge on any atom is -0.507 e. The molecule has 0 aromatic heterocycles. The summed E-state index contributed by atoms with van der Waals surface area (Å²) in [6.45, 7) is 0.107. The molecule has 1 aromatic rings. The number of carboxylic acid groups (broad SMARTS) is 4. The van der Waals surface area contributed by atoms with Crippen molar-refractivity contribution < 1.29 is 44.7 Å². The van der Waals surface area contributed by atoms with Crippen molar-refractivity contribution in [1.29, 1.82) is 0 Å². The predicted molar refractivity (Wildman–Crippen MR) is 84.8 cm³/mol. The van der Waals surface area contributed by atoms with Crippen LogP contribution < -0.4 is 5.32 Å². The summed E-state index contributed by atoms with van der Waals surface area (Å²) in [5, 5.41) is 48.0. The average Bonchev–Trinajstić information content (AvgIpc) is 2.49. The van der Waals surface area contributed by atoms with Gasteiger partial charge in [0.05, 0.1) is 6.54 Å². The Morgan fingerprint density at radius 2 is 1.58 bits per heavy atom. The van der Waals surface area contributed by atoms with Crippen LogP contribution in [0, 0.1) is 6.92 Å². The molecule has 0 saturated heterocycles. The van der Waals surface area contributed by atoms with E-state index in [0.717, 1.165) is 0 Å². The van der Waals surface area contributed by atoms with E-state index in [4.69, 9.17) is 20.4 Å². The van der Waals surface area contributed by atoms with E-state index in [0.29, 0.717) is 10.5 Å². The minimum absolute atomic E-state index is 0.104. The molecule has 11 heteroatoms. The molecule has 142 valence electrons. The Bertz CT molecular complexity index is 718. The molecular formula is C15H18N2O9. The van der Waals surface area contributed by atoms with Crippen LogP contribution >= 0.6 is 0 Å². The molecule has 1 aromatic carbocycles. The molecule has 0 unspecified atom stereocenters. The van der Waals surface area contributed by atoms with Gasteiger partial charge < -0.3 is 25.5 Å². The Hall–Kier alpha value is -3.34. The number of rotatable bonds is 9. The number of aryl methyl sites for hydroxylation is 1. The zero-order valence-electron chi connectivity index (χ0n) is 13.7. The van der Waals surface area contributed by atoms with Crippen LogP contribution in [0.4, 0.5) is 4.79 Å². The van der Waals surface area contributed by atoms with Gasteiger partial charge in [-0.05, 0) is 6.92 Å². The van der Waals surface area contributed by atoms with Crippen LogP contribution in [0.3, 0.4) is 0 Å². The van der Waals surface area contributed by atoms with Gasteiger partial charge in [-0.3, -0.25) is 15.0 Å². The topological polar surface area (TPSA) is 185 Å². The van der Waals surface area contributed by atoms with Crippen molar-refractivity contribution >= 4 is 24.0 Å². The predicted octanol–water partition coefficient (Wildman–Crippen LogP) is -0.107. The maximum absolute atomic E-state index is 11.1. The second-order valence-electron chi connectivity index (χ2n) is 5.45. The third-order valence-corrected chi connectivity index (χ3v) is 3.36. The number of nitrogens with zero attached hydrogens (tertiary/aromatic N) is 1. The lowest BCUT2D eigenvalue weighted by molar-refractivity contribution is -0.151. The number of aliphatic carboxylic acids is 3. The molecule has 0 spiro atoms. The van der Waals surface area contributed by atoms with Gasteiger partial charge >= 0.3 is 24.0 Å². The molecule has 0 aliphatic heterocycles. The van der Waals surface area contributed by atoms with E-state index in [-0.39, 0.29) is 23.4 Å². The van der Waals surface area contributed by atoms with E-state index in [2.05, 4.69) is 5.32 Å². The van der Waals surface area contributed by atoms with Crippen molar-refractivity contribution in [1.82, 2.24) is 10.2 Å². The first-order chi connectivity index (χ1) is 12.0. The number of amides is 1. The Kier molecular flexibility index (Phi) is 6.90. The van der Waals surface area contributed by atoms with Crippen molar-refractivity contribution in [3.05, 3.63) is 28.8 Å². The highest BCUT2D eigenvalue weighted by Gasteiger charge is 2.26. The maximum atomic E-state index is 11.1. The molecule has 0 radical (unpaired) electrons. The van der Waals surface area contributed by atoms with Crippen LogP contribution in [0.25, 0.3) is 0 Å². The van der Waals surface area contributed by atoms with Crippen molar-refractivity contribution in [2.24, 2.45) is 0 Å². The first-order valence-electron chi connectivity index (χ1n) is 7.23. The van der Waals surface area contributed by atoms with E-state index in [1.54, 1.807) is 6.92 Å². The standard InChI is InChI=1S/C15H18N2O9/c1-7-2-8(4-16-11(13(21)22)14(23)24)12(20)9(3-7)5-17(15(25)26)6-10(18)19/h2-3,11,16,20H,4-6H2,1H3,(H,18,19)(H,21,22)(H,23,24)(H,25,26). The Morgan fingerprint density at radius 1 is 1.04 bits per heavy atom. The van der Waals surface area contributed by atoms with Gasteiger partial charge in [0.25, 0.3) is 0 Å². The Morgan fingerprint density at radius 3 is 2.04 bits per heavy atom. The SMILES string of the molecule is Cc1cc(CNC(C(=O)O)C(=O)O)c(O)c(CN(CC(=O)O)C(=O)O)c1. The molecule has 26 heavy (non-hydrogen) atoms. The number of hydrogen-bond acceptors (Lipinski definition) is 6. The summed E-state index contributed by atoms with van der Waals surface area (Å²) in [5.74, 6) is -4.96. The maximum Gasteiger partial charge on any atom is 0.408 e. The molecule has 11 nitrogen and oxygen atoms in total. The quantitative estimate of drug-likeness (QED) is 0.320. The summed E-state index contributed by atoms with van der Waals surface area (Å²) >= 11 is 0. The second kappa shape index (κ2) is 8.67. The summed E-state index contributed by atoms with van der Waals surface area (Å²) in [5.41, 5.74) is 0.832. The van der Waals surface area contributed by atoms with Crippen LogP contribution in [0.5, 0.6) is 5.75 Å². The van der Waals surface area contributed by atoms with Gasteiger partial charge in [0.2, 0.25) is 6.04 Å². The van der Waals surface area contributed by atoms with Crippen molar-refractivity contribution in [3.63, 3.8) is 0 Å². The molecule has 0 bridgehead atoms. The largest absolute Gasteiger partial charge is 0.507 e. The molecule has 1 amide bonds. The van der Waals surface area contributed by atoms with Gasteiger partial charge in [-0.2, -0.15) is 0 Å². The summed E-state index contributed by atoms with van der Waals surface area (Å²) in [4.78, 5) is 44.2. The Balaban J connectivity index is 3.07. The molecular weight excluding hydrogens is 352 g/mol. The van der Waals surface area contributed by atoms with Gasteiger partial charge in [0.15, 0.2) is 0 Å². The first kappa shape index (κ1) is 20.7. The van der Waals surface area contributed by atoms with Crippen LogP contribution in [-0.4, -0.2) is 67.0 Å². The highest BCUT2D eigenvalue weighted by Crippen LogP contribution is 2.26. The van der Waals surface area contributed by atoms with Gasteiger partial charge in [-0.25, -0.2) is 14.4 Å². The van der Waals surface area contributed by atoms with Gasteiger partial charge in [0, 0.05) is 17.7 Å². The van der Waals surface area contributed by atoms with Crippen molar-refractivity contribution in [2.75, 3.05) is 6.54 Å². The average molecular weight is 370 g/mol. The second-order valence-corrected chi connectivity index (χ2v) is 5.45. The number of hydrogen-bond donors (Lipinski definition) is 6. The fourth-order valence-electron chi connectivity index (χ4n) is 2.24. The molecule has 0 atom stereocenters. The normalized spacial score (nSPS) is 10.5. The lowest BCUT2D eigenvalue weighted by Gasteiger charge is -2.20. The third-order valence-electron chi connectivity index (χ3n) is 3.36. The third kappa shape index (κ3) is 5.63. The van der Waals surface area contributed by atoms with Crippen LogP contribution in [0.1, 0.15) is 16.7 Å². The van der Waals surface area contributed by atoms with Crippen LogP contribution in [0.15, 0.2) is 12.1 Å². The molecule has 0 aliphatic rings. The summed E-state index contributed by atoms with van der Waals surface area (Å²) < 4.78 is 0. The zero-order chi connectivity index (χ0) is 20.0. The molecule has 0 heterocycles. The number of aromatic hydroxyl groups is 1. The highest BCUT2D eigenvalue weighted by molar-refractivity contribution is 5.97. The summed E-state index contributed by atoms with van der Waals surface area (Å²) in [7, 11) is 0. The number of phenols is 1. The molecule has 1 rings (SSSR count). The lowest BCUT2D eigenvalue weighted by Crippen LogP contribution is -2.42. The fourth-order valence-corrected chi connectivity index (χ4v) is 2.24. The van der Waals surface area contributed by atoms with E-state index in [1.807, 2.05) is 0 Å². The first-order valence-corrected chi connectivity index (χ1v) is 7.23. The number of carbonyl (C=O) groups is 4. The monoisotopic (exact) mass is 370 g/mol. The molecule has 0 saturated carbocycles. The number of phenolic OH excluding ortho intramolecular Hbond substituents is 1. The smallest absolute Gasteiger partial charge is 0.408 e. The zero-order valence-corrected chi connectivity index (χ0v) is 13.7. The number of nitrogens with one attached hydrogen (secondary N) is 1. The fraction of sp³-hybridized carbons (Fsp3) is 0.333. The molecule has 0 aliphatic carbocycles. The summed E-state index contributed by atoms with van der Waals surface area (Å²) in [6.07, 6.45) is -1.50.